The normalized spacial score (nSPS) is 10.4. The molecule has 0 bridgehead atoms. The van der Waals surface area contributed by atoms with Crippen LogP contribution in [0, 0.1) is 12.7 Å². The van der Waals surface area contributed by atoms with Crippen LogP contribution in [0.3, 0.4) is 0 Å². The number of nitrogens with two attached hydrogens (primary N) is 2. The summed E-state index contributed by atoms with van der Waals surface area (Å²) in [5, 5.41) is 5.61. The minimum atomic E-state index is -0.689. The predicted octanol–water partition coefficient (Wildman–Crippen LogP) is 1.88. The number of halogens is 1. The summed E-state index contributed by atoms with van der Waals surface area (Å²) in [4.78, 5) is 15.4. The number of carbonyl (C=O) groups is 1. The molecule has 1 heterocycles. The molecular formula is C12H13FN4OS. The molecule has 0 radical (unpaired) electrons. The van der Waals surface area contributed by atoms with Gasteiger partial charge in [0.05, 0.1) is 17.8 Å². The Morgan fingerprint density at radius 3 is 2.84 bits per heavy atom. The molecule has 0 aliphatic rings. The van der Waals surface area contributed by atoms with Crippen molar-refractivity contribution < 1.29 is 9.18 Å². The van der Waals surface area contributed by atoms with E-state index in [-0.39, 0.29) is 16.9 Å². The van der Waals surface area contributed by atoms with Gasteiger partial charge < -0.3 is 16.8 Å². The summed E-state index contributed by atoms with van der Waals surface area (Å²) in [6.07, 6.45) is 0. The zero-order valence-electron chi connectivity index (χ0n) is 10.2. The second-order valence-electron chi connectivity index (χ2n) is 4.02. The molecule has 5 nitrogen and oxygen atoms in total. The Kier molecular flexibility index (Phi) is 3.66. The minimum Gasteiger partial charge on any atom is -0.398 e. The molecule has 0 aliphatic carbocycles. The van der Waals surface area contributed by atoms with Gasteiger partial charge in [0.25, 0.3) is 5.91 Å². The van der Waals surface area contributed by atoms with E-state index in [0.717, 1.165) is 16.8 Å². The Hall–Kier alpha value is -2.15. The first kappa shape index (κ1) is 13.3. The van der Waals surface area contributed by atoms with Gasteiger partial charge in [0.1, 0.15) is 10.8 Å². The number of nitrogens with one attached hydrogen (secondary N) is 1. The fraction of sp³-hybridized carbons (Fsp3) is 0.167. The molecule has 2 aromatic rings. The van der Waals surface area contributed by atoms with Crippen LogP contribution in [0.1, 0.15) is 21.1 Å². The van der Waals surface area contributed by atoms with Crippen LogP contribution in [0.5, 0.6) is 0 Å². The number of hydrogen-bond acceptors (Lipinski definition) is 5. The van der Waals surface area contributed by atoms with Gasteiger partial charge in [-0.15, -0.1) is 11.3 Å². The second-order valence-corrected chi connectivity index (χ2v) is 4.96. The lowest BCUT2D eigenvalue weighted by molar-refractivity contribution is 0.100. The highest BCUT2D eigenvalue weighted by atomic mass is 32.1. The molecule has 100 valence electrons. The highest BCUT2D eigenvalue weighted by Crippen LogP contribution is 2.23. The summed E-state index contributed by atoms with van der Waals surface area (Å²) in [6, 6.07) is 2.39. The van der Waals surface area contributed by atoms with E-state index in [1.54, 1.807) is 0 Å². The molecule has 19 heavy (non-hydrogen) atoms. The molecule has 7 heteroatoms. The molecule has 1 aromatic carbocycles. The first-order valence-corrected chi connectivity index (χ1v) is 6.39. The Morgan fingerprint density at radius 2 is 2.26 bits per heavy atom. The van der Waals surface area contributed by atoms with Crippen LogP contribution in [0.15, 0.2) is 17.5 Å². The van der Waals surface area contributed by atoms with Gasteiger partial charge in [-0.1, -0.05) is 0 Å². The van der Waals surface area contributed by atoms with Gasteiger partial charge in [-0.2, -0.15) is 0 Å². The van der Waals surface area contributed by atoms with Crippen LogP contribution in [0.4, 0.5) is 15.8 Å². The summed E-state index contributed by atoms with van der Waals surface area (Å²) in [7, 11) is 0. The van der Waals surface area contributed by atoms with Crippen molar-refractivity contribution in [3.63, 3.8) is 0 Å². The molecule has 0 aliphatic heterocycles. The number of nitrogens with zero attached hydrogens (tertiary/aromatic N) is 1. The minimum absolute atomic E-state index is 0.0284. The second kappa shape index (κ2) is 5.23. The standard InChI is InChI=1S/C12H13FN4OS/c1-6-5-19-11(17-6)4-16-10-2-7(12(15)18)9(14)3-8(10)13/h2-3,5,16H,4,14H2,1H3,(H2,15,18). The van der Waals surface area contributed by atoms with Gasteiger partial charge in [0, 0.05) is 16.8 Å². The fourth-order valence-corrected chi connectivity index (χ4v) is 2.30. The molecule has 0 saturated carbocycles. The van der Waals surface area contributed by atoms with Crippen LogP contribution in [0.25, 0.3) is 0 Å². The molecule has 1 amide bonds. The van der Waals surface area contributed by atoms with Crippen molar-refractivity contribution in [3.8, 4) is 0 Å². The molecule has 0 unspecified atom stereocenters. The first-order valence-electron chi connectivity index (χ1n) is 5.51. The zero-order chi connectivity index (χ0) is 14.0. The van der Waals surface area contributed by atoms with E-state index in [1.165, 1.54) is 17.4 Å². The Morgan fingerprint density at radius 1 is 1.53 bits per heavy atom. The van der Waals surface area contributed by atoms with E-state index in [0.29, 0.717) is 6.54 Å². The zero-order valence-corrected chi connectivity index (χ0v) is 11.1. The molecule has 0 atom stereocenters. The third-order valence-electron chi connectivity index (χ3n) is 2.50. The van der Waals surface area contributed by atoms with E-state index in [1.807, 2.05) is 12.3 Å². The largest absolute Gasteiger partial charge is 0.398 e. The number of anilines is 2. The maximum Gasteiger partial charge on any atom is 0.250 e. The van der Waals surface area contributed by atoms with E-state index in [2.05, 4.69) is 10.3 Å². The molecule has 1 aromatic heterocycles. The molecule has 0 saturated heterocycles. The highest BCUT2D eigenvalue weighted by Gasteiger charge is 2.12. The third kappa shape index (κ3) is 3.00. The van der Waals surface area contributed by atoms with Gasteiger partial charge in [-0.25, -0.2) is 9.37 Å². The van der Waals surface area contributed by atoms with Crippen molar-refractivity contribution in [3.05, 3.63) is 39.6 Å². The lowest BCUT2D eigenvalue weighted by Crippen LogP contribution is -2.15. The smallest absolute Gasteiger partial charge is 0.250 e. The number of benzene rings is 1. The van der Waals surface area contributed by atoms with Crippen LogP contribution in [0.2, 0.25) is 0 Å². The number of amides is 1. The van der Waals surface area contributed by atoms with Gasteiger partial charge in [0.2, 0.25) is 0 Å². The third-order valence-corrected chi connectivity index (χ3v) is 3.47. The van der Waals surface area contributed by atoms with Gasteiger partial charge in [0.15, 0.2) is 0 Å². The lowest BCUT2D eigenvalue weighted by atomic mass is 10.1. The number of primary amides is 1. The monoisotopic (exact) mass is 280 g/mol. The van der Waals surface area contributed by atoms with Crippen molar-refractivity contribution in [1.82, 2.24) is 4.98 Å². The van der Waals surface area contributed by atoms with E-state index < -0.39 is 11.7 Å². The number of aromatic nitrogens is 1. The average molecular weight is 280 g/mol. The van der Waals surface area contributed by atoms with Gasteiger partial charge in [-0.3, -0.25) is 4.79 Å². The maximum atomic E-state index is 13.7. The summed E-state index contributed by atoms with van der Waals surface area (Å²) < 4.78 is 13.7. The maximum absolute atomic E-state index is 13.7. The van der Waals surface area contributed by atoms with Crippen molar-refractivity contribution in [1.29, 1.82) is 0 Å². The number of thiazole rings is 1. The van der Waals surface area contributed by atoms with Crippen LogP contribution >= 0.6 is 11.3 Å². The van der Waals surface area contributed by atoms with Crippen molar-refractivity contribution in [2.24, 2.45) is 5.73 Å². The van der Waals surface area contributed by atoms with Crippen LogP contribution in [-0.2, 0) is 6.54 Å². The summed E-state index contributed by atoms with van der Waals surface area (Å²) >= 11 is 1.48. The molecule has 5 N–H and O–H groups in total. The topological polar surface area (TPSA) is 94.0 Å². The number of aryl methyl sites for hydroxylation is 1. The summed E-state index contributed by atoms with van der Waals surface area (Å²) in [5.74, 6) is -1.22. The fourth-order valence-electron chi connectivity index (χ4n) is 1.59. The van der Waals surface area contributed by atoms with E-state index in [4.69, 9.17) is 11.5 Å². The van der Waals surface area contributed by atoms with Crippen LogP contribution < -0.4 is 16.8 Å². The number of hydrogen-bond donors (Lipinski definition) is 3. The number of rotatable bonds is 4. The molecule has 0 fully saturated rings. The average Bonchev–Trinajstić information content (AvgIpc) is 2.73. The van der Waals surface area contributed by atoms with Gasteiger partial charge >= 0.3 is 0 Å². The SMILES string of the molecule is Cc1csc(CNc2cc(C(N)=O)c(N)cc2F)n1. The first-order chi connectivity index (χ1) is 8.97. The Balaban J connectivity index is 2.20. The molecule has 2 rings (SSSR count). The molecular weight excluding hydrogens is 267 g/mol. The van der Waals surface area contributed by atoms with E-state index in [9.17, 15) is 9.18 Å². The van der Waals surface area contributed by atoms with Crippen molar-refractivity contribution in [2.75, 3.05) is 11.1 Å². The van der Waals surface area contributed by atoms with Crippen molar-refractivity contribution in [2.45, 2.75) is 13.5 Å². The quantitative estimate of drug-likeness (QED) is 0.745. The molecule has 0 spiro atoms. The number of nitrogen functional groups attached to an aromatic ring is 1. The predicted molar refractivity (Wildman–Crippen MR) is 73.5 cm³/mol. The van der Waals surface area contributed by atoms with Crippen molar-refractivity contribution >= 4 is 28.6 Å². The van der Waals surface area contributed by atoms with Gasteiger partial charge in [-0.05, 0) is 19.1 Å². The Labute approximate surface area is 113 Å². The lowest BCUT2D eigenvalue weighted by Gasteiger charge is -2.09. The van der Waals surface area contributed by atoms with E-state index >= 15 is 0 Å². The summed E-state index contributed by atoms with van der Waals surface area (Å²) in [5.41, 5.74) is 11.9. The highest BCUT2D eigenvalue weighted by molar-refractivity contribution is 7.09. The number of carbonyl (C=O) groups excluding carboxylic acids is 1. The summed E-state index contributed by atoms with van der Waals surface area (Å²) in [6.45, 7) is 2.26. The Bertz CT molecular complexity index is 626. The van der Waals surface area contributed by atoms with Crippen LogP contribution in [-0.4, -0.2) is 10.9 Å².